The number of carbonyl (C=O) groups excluding carboxylic acids is 2. The number of hydrogen-bond donors (Lipinski definition) is 1. The molecule has 0 fully saturated rings. The summed E-state index contributed by atoms with van der Waals surface area (Å²) in [5.41, 5.74) is 2.23. The van der Waals surface area contributed by atoms with Crippen LogP contribution in [0.15, 0.2) is 35.2 Å². The highest BCUT2D eigenvalue weighted by Crippen LogP contribution is 2.16. The summed E-state index contributed by atoms with van der Waals surface area (Å²) in [4.78, 5) is 24.0. The van der Waals surface area contributed by atoms with Gasteiger partial charge in [0.25, 0.3) is 0 Å². The van der Waals surface area contributed by atoms with Crippen molar-refractivity contribution in [1.29, 1.82) is 0 Å². The summed E-state index contributed by atoms with van der Waals surface area (Å²) in [6, 6.07) is 5.91. The highest BCUT2D eigenvalue weighted by atomic mass is 32.2. The number of rotatable bonds is 9. The lowest BCUT2D eigenvalue weighted by molar-refractivity contribution is -0.141. The number of hydrogen-bond acceptors (Lipinski definition) is 5. The number of nitrogens with one attached hydrogen (secondary N) is 1. The molecule has 9 heteroatoms. The first-order chi connectivity index (χ1) is 13.2. The Morgan fingerprint density at radius 3 is 2.43 bits per heavy atom. The van der Waals surface area contributed by atoms with Crippen LogP contribution in [0, 0.1) is 19.7 Å². The molecule has 1 aromatic heterocycles. The Hall–Kier alpha value is -2.52. The molecule has 0 aliphatic heterocycles. The lowest BCUT2D eigenvalue weighted by Gasteiger charge is -2.08. The highest BCUT2D eigenvalue weighted by molar-refractivity contribution is 7.89. The van der Waals surface area contributed by atoms with E-state index in [1.807, 2.05) is 25.3 Å². The number of sulfonamides is 1. The predicted octanol–water partition coefficient (Wildman–Crippen LogP) is 2.36. The maximum atomic E-state index is 12.9. The zero-order valence-electron chi connectivity index (χ0n) is 16.0. The van der Waals surface area contributed by atoms with Crippen LogP contribution in [0.2, 0.25) is 0 Å². The molecule has 0 spiro atoms. The van der Waals surface area contributed by atoms with Crippen LogP contribution in [0.3, 0.4) is 0 Å². The van der Waals surface area contributed by atoms with Crippen LogP contribution in [-0.4, -0.2) is 37.9 Å². The monoisotopic (exact) mass is 410 g/mol. The van der Waals surface area contributed by atoms with Gasteiger partial charge in [-0.2, -0.15) is 4.72 Å². The van der Waals surface area contributed by atoms with Crippen molar-refractivity contribution in [3.05, 3.63) is 53.1 Å². The van der Waals surface area contributed by atoms with Gasteiger partial charge in [-0.05, 0) is 50.6 Å². The standard InChI is InChI=1S/C19H23FN2O5S/c1-4-9-22-13(2)10-17(14(22)3)18(23)12-27-19(24)11-21-28(25,26)16-7-5-15(20)6-8-16/h5-8,10,21H,4,9,11-12H2,1-3H3. The Kier molecular flexibility index (Phi) is 7.09. The first-order valence-corrected chi connectivity index (χ1v) is 10.2. The maximum absolute atomic E-state index is 12.9. The minimum absolute atomic E-state index is 0.179. The molecule has 0 atom stereocenters. The molecular formula is C19H23FN2O5S. The number of esters is 1. The maximum Gasteiger partial charge on any atom is 0.321 e. The van der Waals surface area contributed by atoms with E-state index < -0.39 is 35.0 Å². The lowest BCUT2D eigenvalue weighted by Crippen LogP contribution is -2.31. The molecule has 7 nitrogen and oxygen atoms in total. The number of ether oxygens (including phenoxy) is 1. The topological polar surface area (TPSA) is 94.5 Å². The first kappa shape index (κ1) is 21.8. The number of Topliss-reactive ketones (excluding diaryl/α,β-unsaturated/α-hetero) is 1. The molecule has 0 saturated heterocycles. The molecule has 28 heavy (non-hydrogen) atoms. The van der Waals surface area contributed by atoms with Gasteiger partial charge in [0, 0.05) is 23.5 Å². The largest absolute Gasteiger partial charge is 0.456 e. The van der Waals surface area contributed by atoms with E-state index in [-0.39, 0.29) is 10.7 Å². The second-order valence-electron chi connectivity index (χ2n) is 6.30. The van der Waals surface area contributed by atoms with Gasteiger partial charge >= 0.3 is 5.97 Å². The van der Waals surface area contributed by atoms with Crippen molar-refractivity contribution in [1.82, 2.24) is 9.29 Å². The van der Waals surface area contributed by atoms with Crippen molar-refractivity contribution < 1.29 is 27.1 Å². The van der Waals surface area contributed by atoms with Crippen LogP contribution in [-0.2, 0) is 26.1 Å². The summed E-state index contributed by atoms with van der Waals surface area (Å²) in [6.45, 7) is 5.44. The number of aryl methyl sites for hydroxylation is 1. The fraction of sp³-hybridized carbons (Fsp3) is 0.368. The molecule has 0 aliphatic carbocycles. The van der Waals surface area contributed by atoms with Crippen molar-refractivity contribution >= 4 is 21.8 Å². The molecule has 2 aromatic rings. The van der Waals surface area contributed by atoms with Gasteiger partial charge in [0.2, 0.25) is 15.8 Å². The molecule has 152 valence electrons. The average molecular weight is 410 g/mol. The normalized spacial score (nSPS) is 11.4. The van der Waals surface area contributed by atoms with E-state index in [1.54, 1.807) is 6.07 Å². The van der Waals surface area contributed by atoms with Gasteiger partial charge in [-0.3, -0.25) is 9.59 Å². The van der Waals surface area contributed by atoms with Crippen molar-refractivity contribution in [2.24, 2.45) is 0 Å². The van der Waals surface area contributed by atoms with Crippen LogP contribution < -0.4 is 4.72 Å². The molecule has 0 saturated carbocycles. The van der Waals surface area contributed by atoms with Gasteiger partial charge in [-0.1, -0.05) is 6.92 Å². The Balaban J connectivity index is 1.91. The molecule has 2 rings (SSSR count). The zero-order chi connectivity index (χ0) is 20.9. The molecule has 0 amide bonds. The van der Waals surface area contributed by atoms with Crippen LogP contribution in [0.4, 0.5) is 4.39 Å². The number of carbonyl (C=O) groups is 2. The molecule has 0 unspecified atom stereocenters. The third kappa shape index (κ3) is 5.26. The SMILES string of the molecule is CCCn1c(C)cc(C(=O)COC(=O)CNS(=O)(=O)c2ccc(F)cc2)c1C. The average Bonchev–Trinajstić information content (AvgIpc) is 2.93. The van der Waals surface area contributed by atoms with Gasteiger partial charge in [-0.25, -0.2) is 12.8 Å². The van der Waals surface area contributed by atoms with E-state index >= 15 is 0 Å². The molecule has 1 N–H and O–H groups in total. The number of halogens is 1. The van der Waals surface area contributed by atoms with Crippen LogP contribution in [0.5, 0.6) is 0 Å². The van der Waals surface area contributed by atoms with E-state index in [9.17, 15) is 22.4 Å². The predicted molar refractivity (Wildman–Crippen MR) is 101 cm³/mol. The van der Waals surface area contributed by atoms with Gasteiger partial charge in [0.05, 0.1) is 4.90 Å². The number of ketones is 1. The summed E-state index contributed by atoms with van der Waals surface area (Å²) >= 11 is 0. The van der Waals surface area contributed by atoms with E-state index in [2.05, 4.69) is 4.72 Å². The van der Waals surface area contributed by atoms with Crippen molar-refractivity contribution in [2.75, 3.05) is 13.2 Å². The highest BCUT2D eigenvalue weighted by Gasteiger charge is 2.19. The van der Waals surface area contributed by atoms with Crippen molar-refractivity contribution in [2.45, 2.75) is 38.6 Å². The smallest absolute Gasteiger partial charge is 0.321 e. The third-order valence-corrected chi connectivity index (χ3v) is 5.63. The molecule has 1 aromatic carbocycles. The summed E-state index contributed by atoms with van der Waals surface area (Å²) in [5.74, 6) is -1.82. The van der Waals surface area contributed by atoms with Crippen LogP contribution >= 0.6 is 0 Å². The fourth-order valence-corrected chi connectivity index (χ4v) is 3.75. The third-order valence-electron chi connectivity index (χ3n) is 4.22. The molecule has 1 heterocycles. The molecule has 0 bridgehead atoms. The van der Waals surface area contributed by atoms with Crippen LogP contribution in [0.25, 0.3) is 0 Å². The number of benzene rings is 1. The Morgan fingerprint density at radius 1 is 1.18 bits per heavy atom. The molecular weight excluding hydrogens is 387 g/mol. The van der Waals surface area contributed by atoms with Gasteiger partial charge in [-0.15, -0.1) is 0 Å². The summed E-state index contributed by atoms with van der Waals surface area (Å²) in [5, 5.41) is 0. The Bertz CT molecular complexity index is 965. The van der Waals surface area contributed by atoms with E-state index in [4.69, 9.17) is 4.74 Å². The van der Waals surface area contributed by atoms with Crippen LogP contribution in [0.1, 0.15) is 35.1 Å². The second-order valence-corrected chi connectivity index (χ2v) is 8.07. The zero-order valence-corrected chi connectivity index (χ0v) is 16.8. The Labute approximate surface area is 163 Å². The van der Waals surface area contributed by atoms with Crippen molar-refractivity contribution in [3.63, 3.8) is 0 Å². The van der Waals surface area contributed by atoms with E-state index in [0.29, 0.717) is 5.56 Å². The molecule has 0 radical (unpaired) electrons. The number of nitrogens with zero attached hydrogens (tertiary/aromatic N) is 1. The summed E-state index contributed by atoms with van der Waals surface area (Å²) in [6.07, 6.45) is 0.924. The minimum atomic E-state index is -3.98. The summed E-state index contributed by atoms with van der Waals surface area (Å²) < 4.78 is 45.9. The quantitative estimate of drug-likeness (QED) is 0.506. The minimum Gasteiger partial charge on any atom is -0.456 e. The lowest BCUT2D eigenvalue weighted by atomic mass is 10.1. The van der Waals surface area contributed by atoms with E-state index in [1.165, 1.54) is 0 Å². The first-order valence-electron chi connectivity index (χ1n) is 8.76. The second kappa shape index (κ2) is 9.11. The van der Waals surface area contributed by atoms with Crippen molar-refractivity contribution in [3.8, 4) is 0 Å². The Morgan fingerprint density at radius 2 is 1.82 bits per heavy atom. The molecule has 0 aliphatic rings. The van der Waals surface area contributed by atoms with Gasteiger partial charge in [0.1, 0.15) is 12.4 Å². The van der Waals surface area contributed by atoms with Gasteiger partial charge < -0.3 is 9.30 Å². The number of aromatic nitrogens is 1. The summed E-state index contributed by atoms with van der Waals surface area (Å²) in [7, 11) is -3.98. The van der Waals surface area contributed by atoms with Gasteiger partial charge in [0.15, 0.2) is 6.61 Å². The van der Waals surface area contributed by atoms with E-state index in [0.717, 1.165) is 48.6 Å². The fourth-order valence-electron chi connectivity index (χ4n) is 2.78.